The minimum Gasteiger partial charge on any atom is -0.503 e. The van der Waals surface area contributed by atoms with Gasteiger partial charge < -0.3 is 14.6 Å². The molecule has 0 aromatic heterocycles. The van der Waals surface area contributed by atoms with E-state index in [9.17, 15) is 14.7 Å². The van der Waals surface area contributed by atoms with Crippen LogP contribution in [0.25, 0.3) is 0 Å². The number of ether oxygens (including phenoxy) is 2. The summed E-state index contributed by atoms with van der Waals surface area (Å²) in [6, 6.07) is 2.31. The smallest absolute Gasteiger partial charge is 0.338 e. The molecule has 2 heterocycles. The van der Waals surface area contributed by atoms with Crippen molar-refractivity contribution in [2.45, 2.75) is 19.9 Å². The standard InChI is InChI=1S/C17H17ClN2O5S/c1-4-25-16(23)13-8(2)19-17-20(12(21)7-26-17)14(13)9-5-10(18)15(22)11(6-9)24-3/h5-6,14,22H,4,7H2,1-3H3. The number of carbonyl (C=O) groups excluding carboxylic acids is 2. The molecule has 1 amide bonds. The highest BCUT2D eigenvalue weighted by atomic mass is 35.5. The van der Waals surface area contributed by atoms with E-state index in [2.05, 4.69) is 4.99 Å². The fourth-order valence-electron chi connectivity index (χ4n) is 2.93. The van der Waals surface area contributed by atoms with E-state index in [1.807, 2.05) is 0 Å². The van der Waals surface area contributed by atoms with Crippen LogP contribution in [0.5, 0.6) is 11.5 Å². The van der Waals surface area contributed by atoms with Gasteiger partial charge in [-0.3, -0.25) is 9.69 Å². The summed E-state index contributed by atoms with van der Waals surface area (Å²) in [5, 5.41) is 10.6. The number of esters is 1. The van der Waals surface area contributed by atoms with Gasteiger partial charge in [-0.15, -0.1) is 0 Å². The normalized spacial score (nSPS) is 19.4. The number of phenolic OH excluding ortho intramolecular Hbond substituents is 1. The van der Waals surface area contributed by atoms with Gasteiger partial charge in [0.15, 0.2) is 16.7 Å². The Hall–Kier alpha value is -2.19. The molecular weight excluding hydrogens is 380 g/mol. The number of nitrogens with zero attached hydrogens (tertiary/aromatic N) is 2. The maximum absolute atomic E-state index is 12.6. The predicted octanol–water partition coefficient (Wildman–Crippen LogP) is 2.88. The number of hydrogen-bond acceptors (Lipinski definition) is 7. The third-order valence-electron chi connectivity index (χ3n) is 4.07. The third-order valence-corrected chi connectivity index (χ3v) is 5.29. The van der Waals surface area contributed by atoms with Crippen LogP contribution in [0, 0.1) is 0 Å². The molecule has 1 aromatic carbocycles. The van der Waals surface area contributed by atoms with Gasteiger partial charge in [-0.25, -0.2) is 9.79 Å². The van der Waals surface area contributed by atoms with E-state index in [0.29, 0.717) is 16.4 Å². The second kappa shape index (κ2) is 7.20. The molecule has 1 N–H and O–H groups in total. The van der Waals surface area contributed by atoms with Crippen molar-refractivity contribution in [1.82, 2.24) is 4.90 Å². The van der Waals surface area contributed by atoms with Gasteiger partial charge >= 0.3 is 5.97 Å². The van der Waals surface area contributed by atoms with Crippen molar-refractivity contribution in [3.8, 4) is 11.5 Å². The summed E-state index contributed by atoms with van der Waals surface area (Å²) < 4.78 is 10.3. The highest BCUT2D eigenvalue weighted by Gasteiger charge is 2.43. The van der Waals surface area contributed by atoms with Crippen LogP contribution in [0.15, 0.2) is 28.4 Å². The van der Waals surface area contributed by atoms with Gasteiger partial charge in [-0.05, 0) is 31.5 Å². The van der Waals surface area contributed by atoms with E-state index in [-0.39, 0.29) is 40.4 Å². The Morgan fingerprint density at radius 2 is 2.23 bits per heavy atom. The van der Waals surface area contributed by atoms with E-state index >= 15 is 0 Å². The molecule has 1 aromatic rings. The van der Waals surface area contributed by atoms with Crippen LogP contribution in [-0.2, 0) is 14.3 Å². The summed E-state index contributed by atoms with van der Waals surface area (Å²) in [4.78, 5) is 30.9. The summed E-state index contributed by atoms with van der Waals surface area (Å²) in [6.07, 6.45) is 0. The number of aliphatic imine (C=N–C) groups is 1. The zero-order chi connectivity index (χ0) is 19.0. The van der Waals surface area contributed by atoms with Crippen molar-refractivity contribution in [2.75, 3.05) is 19.5 Å². The molecule has 0 saturated carbocycles. The highest BCUT2D eigenvalue weighted by Crippen LogP contribution is 2.44. The molecule has 9 heteroatoms. The number of hydrogen-bond donors (Lipinski definition) is 1. The monoisotopic (exact) mass is 396 g/mol. The Labute approximate surface area is 159 Å². The van der Waals surface area contributed by atoms with Crippen LogP contribution in [0.4, 0.5) is 0 Å². The molecule has 138 valence electrons. The van der Waals surface area contributed by atoms with Crippen LogP contribution < -0.4 is 4.74 Å². The Balaban J connectivity index is 2.20. The van der Waals surface area contributed by atoms with Gasteiger partial charge in [0.25, 0.3) is 0 Å². The third kappa shape index (κ3) is 3.03. The number of aromatic hydroxyl groups is 1. The number of amides is 1. The van der Waals surface area contributed by atoms with E-state index < -0.39 is 12.0 Å². The van der Waals surface area contributed by atoms with Crippen LogP contribution in [0.2, 0.25) is 5.02 Å². The highest BCUT2D eigenvalue weighted by molar-refractivity contribution is 8.15. The molecule has 1 atom stereocenters. The van der Waals surface area contributed by atoms with E-state index in [1.165, 1.54) is 29.8 Å². The number of allylic oxidation sites excluding steroid dienone is 1. The quantitative estimate of drug-likeness (QED) is 0.787. The Bertz CT molecular complexity index is 852. The second-order valence-corrected chi connectivity index (χ2v) is 6.97. The molecule has 0 spiro atoms. The molecule has 7 nitrogen and oxygen atoms in total. The van der Waals surface area contributed by atoms with Crippen molar-refractivity contribution in [3.63, 3.8) is 0 Å². The topological polar surface area (TPSA) is 88.4 Å². The summed E-state index contributed by atoms with van der Waals surface area (Å²) in [7, 11) is 1.40. The summed E-state index contributed by atoms with van der Waals surface area (Å²) in [5.74, 6) is -0.538. The fraction of sp³-hybridized carbons (Fsp3) is 0.353. The fourth-order valence-corrected chi connectivity index (χ4v) is 4.09. The summed E-state index contributed by atoms with van der Waals surface area (Å²) in [6.45, 7) is 3.60. The van der Waals surface area contributed by atoms with Crippen LogP contribution in [-0.4, -0.2) is 46.5 Å². The van der Waals surface area contributed by atoms with E-state index in [4.69, 9.17) is 21.1 Å². The molecule has 1 unspecified atom stereocenters. The van der Waals surface area contributed by atoms with E-state index in [1.54, 1.807) is 19.9 Å². The van der Waals surface area contributed by atoms with Gasteiger partial charge in [0.05, 0.1) is 41.8 Å². The second-order valence-electron chi connectivity index (χ2n) is 5.62. The van der Waals surface area contributed by atoms with Crippen LogP contribution in [0.3, 0.4) is 0 Å². The van der Waals surface area contributed by atoms with Crippen molar-refractivity contribution in [3.05, 3.63) is 34.0 Å². The molecule has 1 saturated heterocycles. The molecule has 26 heavy (non-hydrogen) atoms. The van der Waals surface area contributed by atoms with Crippen molar-refractivity contribution in [1.29, 1.82) is 0 Å². The number of phenols is 1. The molecule has 2 aliphatic rings. The molecule has 0 radical (unpaired) electrons. The van der Waals surface area contributed by atoms with Crippen LogP contribution in [0.1, 0.15) is 25.5 Å². The number of amidine groups is 1. The first-order valence-electron chi connectivity index (χ1n) is 7.86. The summed E-state index contributed by atoms with van der Waals surface area (Å²) >= 11 is 7.43. The lowest BCUT2D eigenvalue weighted by atomic mass is 9.94. The van der Waals surface area contributed by atoms with Crippen molar-refractivity contribution >= 4 is 40.4 Å². The first kappa shape index (κ1) is 18.6. The zero-order valence-corrected chi connectivity index (χ0v) is 16.0. The van der Waals surface area contributed by atoms with Crippen LogP contribution >= 0.6 is 23.4 Å². The lowest BCUT2D eigenvalue weighted by molar-refractivity contribution is -0.139. The molecule has 0 aliphatic carbocycles. The summed E-state index contributed by atoms with van der Waals surface area (Å²) in [5.41, 5.74) is 1.26. The maximum Gasteiger partial charge on any atom is 0.338 e. The number of thioether (sulfide) groups is 1. The first-order valence-corrected chi connectivity index (χ1v) is 9.23. The number of carbonyl (C=O) groups is 2. The zero-order valence-electron chi connectivity index (χ0n) is 14.4. The minimum atomic E-state index is -0.754. The maximum atomic E-state index is 12.6. The first-order chi connectivity index (χ1) is 12.4. The Morgan fingerprint density at radius 1 is 1.50 bits per heavy atom. The van der Waals surface area contributed by atoms with Gasteiger partial charge in [-0.2, -0.15) is 0 Å². The van der Waals surface area contributed by atoms with Gasteiger partial charge in [0.1, 0.15) is 0 Å². The predicted molar refractivity (Wildman–Crippen MR) is 98.5 cm³/mol. The Kier molecular flexibility index (Phi) is 5.15. The average Bonchev–Trinajstić information content (AvgIpc) is 2.96. The largest absolute Gasteiger partial charge is 0.503 e. The molecular formula is C17H17ClN2O5S. The van der Waals surface area contributed by atoms with Gasteiger partial charge in [-0.1, -0.05) is 23.4 Å². The molecule has 1 fully saturated rings. The lowest BCUT2D eigenvalue weighted by Gasteiger charge is -2.33. The number of fused-ring (bicyclic) bond motifs is 1. The minimum absolute atomic E-state index is 0.0589. The SMILES string of the molecule is CCOC(=O)C1=C(C)N=C2SCC(=O)N2C1c1cc(Cl)c(O)c(OC)c1. The number of rotatable bonds is 4. The number of methoxy groups -OCH3 is 1. The Morgan fingerprint density at radius 3 is 2.88 bits per heavy atom. The molecule has 3 rings (SSSR count). The molecule has 0 bridgehead atoms. The lowest BCUT2D eigenvalue weighted by Crippen LogP contribution is -2.39. The van der Waals surface area contributed by atoms with Gasteiger partial charge in [0.2, 0.25) is 5.91 Å². The van der Waals surface area contributed by atoms with E-state index in [0.717, 1.165) is 0 Å². The number of halogens is 1. The number of benzene rings is 1. The van der Waals surface area contributed by atoms with Crippen molar-refractivity contribution < 1.29 is 24.2 Å². The molecule has 2 aliphatic heterocycles. The van der Waals surface area contributed by atoms with Crippen molar-refractivity contribution in [2.24, 2.45) is 4.99 Å². The average molecular weight is 397 g/mol. The van der Waals surface area contributed by atoms with Gasteiger partial charge in [0, 0.05) is 0 Å².